The van der Waals surface area contributed by atoms with E-state index in [0.717, 1.165) is 6.92 Å². The van der Waals surface area contributed by atoms with Crippen LogP contribution < -0.4 is 5.73 Å². The van der Waals surface area contributed by atoms with Crippen LogP contribution in [0.15, 0.2) is 18.2 Å². The van der Waals surface area contributed by atoms with Crippen LogP contribution in [0.4, 0.5) is 8.78 Å². The van der Waals surface area contributed by atoms with Crippen molar-refractivity contribution >= 4 is 23.2 Å². The van der Waals surface area contributed by atoms with Gasteiger partial charge in [0, 0.05) is 6.92 Å². The van der Waals surface area contributed by atoms with Crippen molar-refractivity contribution in [1.82, 2.24) is 0 Å². The number of hydrogen-bond acceptors (Lipinski definition) is 1. The first-order chi connectivity index (χ1) is 6.32. The molecule has 0 aromatic heterocycles. The molecule has 0 fully saturated rings. The Labute approximate surface area is 90.8 Å². The molecule has 1 atom stereocenters. The number of rotatable bonds is 2. The first-order valence-electron chi connectivity index (χ1n) is 3.90. The van der Waals surface area contributed by atoms with Gasteiger partial charge in [-0.1, -0.05) is 29.3 Å². The molecule has 78 valence electrons. The number of nitrogens with two attached hydrogens (primary N) is 1. The fourth-order valence-electron chi connectivity index (χ4n) is 0.998. The summed E-state index contributed by atoms with van der Waals surface area (Å²) in [5.74, 6) is -2.98. The molecule has 0 saturated heterocycles. The zero-order valence-corrected chi connectivity index (χ0v) is 8.91. The Morgan fingerprint density at radius 2 is 1.86 bits per heavy atom. The monoisotopic (exact) mass is 239 g/mol. The van der Waals surface area contributed by atoms with Gasteiger partial charge in [0.25, 0.3) is 5.92 Å². The van der Waals surface area contributed by atoms with Gasteiger partial charge < -0.3 is 5.73 Å². The summed E-state index contributed by atoms with van der Waals surface area (Å²) in [6, 6.07) is 2.88. The van der Waals surface area contributed by atoms with E-state index in [4.69, 9.17) is 28.9 Å². The van der Waals surface area contributed by atoms with Crippen molar-refractivity contribution in [2.75, 3.05) is 0 Å². The molecule has 0 amide bonds. The number of halogens is 4. The van der Waals surface area contributed by atoms with E-state index < -0.39 is 12.0 Å². The lowest BCUT2D eigenvalue weighted by Crippen LogP contribution is -2.29. The summed E-state index contributed by atoms with van der Waals surface area (Å²) in [4.78, 5) is 0. The summed E-state index contributed by atoms with van der Waals surface area (Å²) in [7, 11) is 0. The van der Waals surface area contributed by atoms with Crippen LogP contribution in [0.25, 0.3) is 0 Å². The van der Waals surface area contributed by atoms with E-state index in [1.54, 1.807) is 0 Å². The summed E-state index contributed by atoms with van der Waals surface area (Å²) in [5, 5.41) is 0.547. The average molecular weight is 240 g/mol. The molecular weight excluding hydrogens is 231 g/mol. The zero-order valence-electron chi connectivity index (χ0n) is 7.40. The third-order valence-corrected chi connectivity index (χ3v) is 2.59. The van der Waals surface area contributed by atoms with Gasteiger partial charge in [-0.15, -0.1) is 0 Å². The van der Waals surface area contributed by atoms with Crippen LogP contribution in [0.1, 0.15) is 18.5 Å². The minimum Gasteiger partial charge on any atom is -0.319 e. The fraction of sp³-hybridized carbons (Fsp3) is 0.333. The normalized spacial score (nSPS) is 14.1. The summed E-state index contributed by atoms with van der Waals surface area (Å²) < 4.78 is 25.7. The van der Waals surface area contributed by atoms with Gasteiger partial charge in [0.15, 0.2) is 0 Å². The largest absolute Gasteiger partial charge is 0.319 e. The van der Waals surface area contributed by atoms with Gasteiger partial charge in [-0.2, -0.15) is 0 Å². The highest BCUT2D eigenvalue weighted by molar-refractivity contribution is 6.42. The highest BCUT2D eigenvalue weighted by Crippen LogP contribution is 2.32. The minimum absolute atomic E-state index is 0.226. The van der Waals surface area contributed by atoms with E-state index in [0.29, 0.717) is 5.02 Å². The van der Waals surface area contributed by atoms with Gasteiger partial charge in [0.05, 0.1) is 16.1 Å². The Balaban J connectivity index is 3.03. The molecular formula is C9H9Cl2F2N. The van der Waals surface area contributed by atoms with Gasteiger partial charge in [-0.3, -0.25) is 0 Å². The summed E-state index contributed by atoms with van der Waals surface area (Å²) in [5.41, 5.74) is 5.61. The molecule has 14 heavy (non-hydrogen) atoms. The topological polar surface area (TPSA) is 26.0 Å². The van der Waals surface area contributed by atoms with Gasteiger partial charge in [0.2, 0.25) is 0 Å². The minimum atomic E-state index is -2.98. The third-order valence-electron chi connectivity index (χ3n) is 1.85. The first-order valence-corrected chi connectivity index (χ1v) is 4.66. The smallest absolute Gasteiger partial charge is 0.264 e. The molecule has 1 nitrogen and oxygen atoms in total. The molecule has 0 spiro atoms. The predicted octanol–water partition coefficient (Wildman–Crippen LogP) is 3.65. The van der Waals surface area contributed by atoms with Crippen LogP contribution >= 0.6 is 23.2 Å². The lowest BCUT2D eigenvalue weighted by molar-refractivity contribution is -0.00618. The van der Waals surface area contributed by atoms with E-state index in [2.05, 4.69) is 0 Å². The van der Waals surface area contributed by atoms with E-state index >= 15 is 0 Å². The summed E-state index contributed by atoms with van der Waals surface area (Å²) in [6.45, 7) is 0.764. The highest BCUT2D eigenvalue weighted by atomic mass is 35.5. The number of benzene rings is 1. The van der Waals surface area contributed by atoms with Crippen molar-refractivity contribution in [3.8, 4) is 0 Å². The summed E-state index contributed by atoms with van der Waals surface area (Å²) in [6.07, 6.45) is 0. The van der Waals surface area contributed by atoms with Crippen molar-refractivity contribution < 1.29 is 8.78 Å². The molecule has 0 heterocycles. The maximum Gasteiger partial charge on any atom is 0.264 e. The SMILES string of the molecule is CC(F)(F)C(N)c1ccc(Cl)c(Cl)c1. The Bertz CT molecular complexity index is 336. The lowest BCUT2D eigenvalue weighted by atomic mass is 10.0. The van der Waals surface area contributed by atoms with E-state index in [1.165, 1.54) is 18.2 Å². The van der Waals surface area contributed by atoms with Crippen molar-refractivity contribution in [3.05, 3.63) is 33.8 Å². The molecule has 1 aromatic rings. The second-order valence-electron chi connectivity index (χ2n) is 3.11. The Morgan fingerprint density at radius 3 is 2.29 bits per heavy atom. The molecule has 1 unspecified atom stereocenters. The molecule has 0 aliphatic carbocycles. The lowest BCUT2D eigenvalue weighted by Gasteiger charge is -2.19. The molecule has 0 bridgehead atoms. The maximum absolute atomic E-state index is 12.8. The average Bonchev–Trinajstić information content (AvgIpc) is 2.07. The zero-order chi connectivity index (χ0) is 10.9. The highest BCUT2D eigenvalue weighted by Gasteiger charge is 2.32. The van der Waals surface area contributed by atoms with Crippen LogP contribution in [-0.2, 0) is 0 Å². The van der Waals surface area contributed by atoms with Crippen molar-refractivity contribution in [2.24, 2.45) is 5.73 Å². The quantitative estimate of drug-likeness (QED) is 0.838. The molecule has 1 aromatic carbocycles. The van der Waals surface area contributed by atoms with Crippen molar-refractivity contribution in [3.63, 3.8) is 0 Å². The van der Waals surface area contributed by atoms with E-state index in [9.17, 15) is 8.78 Å². The maximum atomic E-state index is 12.8. The number of hydrogen-bond donors (Lipinski definition) is 1. The van der Waals surface area contributed by atoms with Crippen LogP contribution in [0.2, 0.25) is 10.0 Å². The first kappa shape index (κ1) is 11.7. The molecule has 0 saturated carbocycles. The molecule has 2 N–H and O–H groups in total. The standard InChI is InChI=1S/C9H9Cl2F2N/c1-9(12,13)8(14)5-2-3-6(10)7(11)4-5/h2-4,8H,14H2,1H3. The molecule has 0 radical (unpaired) electrons. The third kappa shape index (κ3) is 2.56. The van der Waals surface area contributed by atoms with Gasteiger partial charge in [-0.05, 0) is 17.7 Å². The molecule has 0 aliphatic rings. The van der Waals surface area contributed by atoms with E-state index in [1.807, 2.05) is 0 Å². The second-order valence-corrected chi connectivity index (χ2v) is 3.92. The van der Waals surface area contributed by atoms with Crippen LogP contribution in [0.3, 0.4) is 0 Å². The number of alkyl halides is 2. The van der Waals surface area contributed by atoms with Gasteiger partial charge >= 0.3 is 0 Å². The van der Waals surface area contributed by atoms with E-state index in [-0.39, 0.29) is 10.6 Å². The fourth-order valence-corrected chi connectivity index (χ4v) is 1.31. The van der Waals surface area contributed by atoms with Gasteiger partial charge in [-0.25, -0.2) is 8.78 Å². The Morgan fingerprint density at radius 1 is 1.29 bits per heavy atom. The Kier molecular flexibility index (Phi) is 3.35. The Hall–Kier alpha value is -0.380. The van der Waals surface area contributed by atoms with Crippen molar-refractivity contribution in [2.45, 2.75) is 18.9 Å². The molecule has 0 aliphatic heterocycles. The van der Waals surface area contributed by atoms with Gasteiger partial charge in [0.1, 0.15) is 0 Å². The van der Waals surface area contributed by atoms with Crippen molar-refractivity contribution in [1.29, 1.82) is 0 Å². The van der Waals surface area contributed by atoms with Crippen LogP contribution in [0.5, 0.6) is 0 Å². The summed E-state index contributed by atoms with van der Waals surface area (Å²) >= 11 is 11.3. The second kappa shape index (κ2) is 4.01. The van der Waals surface area contributed by atoms with Crippen LogP contribution in [-0.4, -0.2) is 5.92 Å². The van der Waals surface area contributed by atoms with Crippen LogP contribution in [0, 0.1) is 0 Å². The predicted molar refractivity (Wildman–Crippen MR) is 54.0 cm³/mol. The molecule has 1 rings (SSSR count). The molecule has 5 heteroatoms.